The van der Waals surface area contributed by atoms with E-state index in [4.69, 9.17) is 14.2 Å². The van der Waals surface area contributed by atoms with E-state index in [0.717, 1.165) is 23.3 Å². The van der Waals surface area contributed by atoms with Gasteiger partial charge in [-0.2, -0.15) is 0 Å². The Labute approximate surface area is 160 Å². The van der Waals surface area contributed by atoms with Crippen molar-refractivity contribution in [3.05, 3.63) is 53.6 Å². The minimum absolute atomic E-state index is 0.0299. The summed E-state index contributed by atoms with van der Waals surface area (Å²) in [5, 5.41) is 3.18. The van der Waals surface area contributed by atoms with Crippen LogP contribution in [0, 0.1) is 0 Å². The molecular weight excluding hydrogens is 342 g/mol. The highest BCUT2D eigenvalue weighted by molar-refractivity contribution is 5.77. The Bertz CT molecular complexity index is 816. The number of carbonyl (C=O) groups is 1. The second kappa shape index (κ2) is 7.91. The molecule has 0 aromatic heterocycles. The molecule has 3 rings (SSSR count). The molecule has 144 valence electrons. The van der Waals surface area contributed by atoms with Gasteiger partial charge in [0.2, 0.25) is 5.91 Å². The number of hydrogen-bond donors (Lipinski definition) is 1. The molecule has 1 heterocycles. The van der Waals surface area contributed by atoms with Crippen molar-refractivity contribution in [2.75, 3.05) is 14.2 Å². The molecule has 0 saturated heterocycles. The first-order chi connectivity index (χ1) is 12.9. The van der Waals surface area contributed by atoms with Gasteiger partial charge in [0.25, 0.3) is 0 Å². The molecule has 1 unspecified atom stereocenters. The quantitative estimate of drug-likeness (QED) is 0.834. The number of para-hydroxylation sites is 1. The average molecular weight is 369 g/mol. The lowest BCUT2D eigenvalue weighted by molar-refractivity contribution is -0.122. The van der Waals surface area contributed by atoms with Crippen LogP contribution >= 0.6 is 0 Å². The SMILES string of the molecule is COc1ccc(CCC(=O)NC2CC(C)(C)Oc3ccccc32)cc1OC. The largest absolute Gasteiger partial charge is 0.493 e. The van der Waals surface area contributed by atoms with Gasteiger partial charge in [-0.05, 0) is 44.0 Å². The smallest absolute Gasteiger partial charge is 0.220 e. The minimum Gasteiger partial charge on any atom is -0.493 e. The Balaban J connectivity index is 1.64. The summed E-state index contributed by atoms with van der Waals surface area (Å²) >= 11 is 0. The summed E-state index contributed by atoms with van der Waals surface area (Å²) in [7, 11) is 3.22. The molecule has 0 radical (unpaired) electrons. The number of methoxy groups -OCH3 is 2. The molecule has 5 heteroatoms. The lowest BCUT2D eigenvalue weighted by Crippen LogP contribution is -2.41. The maximum Gasteiger partial charge on any atom is 0.220 e. The number of ether oxygens (including phenoxy) is 3. The summed E-state index contributed by atoms with van der Waals surface area (Å²) in [6, 6.07) is 13.6. The molecule has 27 heavy (non-hydrogen) atoms. The van der Waals surface area contributed by atoms with Crippen LogP contribution in [0.2, 0.25) is 0 Å². The molecule has 2 aromatic rings. The number of fused-ring (bicyclic) bond motifs is 1. The summed E-state index contributed by atoms with van der Waals surface area (Å²) in [4.78, 5) is 12.6. The van der Waals surface area contributed by atoms with Crippen molar-refractivity contribution < 1.29 is 19.0 Å². The first-order valence-corrected chi connectivity index (χ1v) is 9.20. The van der Waals surface area contributed by atoms with Crippen LogP contribution in [0.15, 0.2) is 42.5 Å². The van der Waals surface area contributed by atoms with E-state index in [0.29, 0.717) is 24.3 Å². The maximum atomic E-state index is 12.6. The lowest BCUT2D eigenvalue weighted by Gasteiger charge is -2.37. The topological polar surface area (TPSA) is 56.8 Å². The highest BCUT2D eigenvalue weighted by Crippen LogP contribution is 2.39. The number of rotatable bonds is 6. The van der Waals surface area contributed by atoms with Crippen molar-refractivity contribution in [2.45, 2.75) is 44.8 Å². The molecule has 1 aliphatic rings. The summed E-state index contributed by atoms with van der Waals surface area (Å²) in [6.07, 6.45) is 1.79. The number of aryl methyl sites for hydroxylation is 1. The summed E-state index contributed by atoms with van der Waals surface area (Å²) in [5.41, 5.74) is 1.77. The van der Waals surface area contributed by atoms with Gasteiger partial charge < -0.3 is 19.5 Å². The fraction of sp³-hybridized carbons (Fsp3) is 0.409. The molecule has 1 amide bonds. The predicted molar refractivity (Wildman–Crippen MR) is 105 cm³/mol. The van der Waals surface area contributed by atoms with Gasteiger partial charge in [0.05, 0.1) is 20.3 Å². The van der Waals surface area contributed by atoms with Crippen LogP contribution in [0.4, 0.5) is 0 Å². The number of hydrogen-bond acceptors (Lipinski definition) is 4. The molecule has 1 atom stereocenters. The first kappa shape index (κ1) is 19.1. The Morgan fingerprint density at radius 1 is 1.15 bits per heavy atom. The van der Waals surface area contributed by atoms with Crippen molar-refractivity contribution in [3.63, 3.8) is 0 Å². The Hall–Kier alpha value is -2.69. The molecule has 1 N–H and O–H groups in total. The van der Waals surface area contributed by atoms with Crippen LogP contribution in [0.5, 0.6) is 17.2 Å². The van der Waals surface area contributed by atoms with Crippen LogP contribution in [0.25, 0.3) is 0 Å². The zero-order valence-electron chi connectivity index (χ0n) is 16.4. The van der Waals surface area contributed by atoms with Crippen LogP contribution in [0.1, 0.15) is 43.9 Å². The first-order valence-electron chi connectivity index (χ1n) is 9.20. The zero-order chi connectivity index (χ0) is 19.4. The minimum atomic E-state index is -0.310. The molecule has 2 aromatic carbocycles. The fourth-order valence-electron chi connectivity index (χ4n) is 3.49. The van der Waals surface area contributed by atoms with E-state index in [-0.39, 0.29) is 17.6 Å². The number of nitrogens with one attached hydrogen (secondary N) is 1. The van der Waals surface area contributed by atoms with Gasteiger partial charge in [-0.1, -0.05) is 24.3 Å². The van der Waals surface area contributed by atoms with E-state index >= 15 is 0 Å². The lowest BCUT2D eigenvalue weighted by atomic mass is 9.89. The van der Waals surface area contributed by atoms with E-state index in [1.807, 2.05) is 56.3 Å². The van der Waals surface area contributed by atoms with Crippen molar-refractivity contribution in [1.82, 2.24) is 5.32 Å². The number of benzene rings is 2. The summed E-state index contributed by atoms with van der Waals surface area (Å²) in [5.74, 6) is 2.24. The van der Waals surface area contributed by atoms with Gasteiger partial charge in [0.15, 0.2) is 11.5 Å². The van der Waals surface area contributed by atoms with Gasteiger partial charge in [0.1, 0.15) is 11.4 Å². The van der Waals surface area contributed by atoms with Crippen LogP contribution in [-0.4, -0.2) is 25.7 Å². The van der Waals surface area contributed by atoms with E-state index in [9.17, 15) is 4.79 Å². The van der Waals surface area contributed by atoms with Crippen molar-refractivity contribution >= 4 is 5.91 Å². The van der Waals surface area contributed by atoms with E-state index in [1.165, 1.54) is 0 Å². The predicted octanol–water partition coefficient (Wildman–Crippen LogP) is 4.06. The number of amides is 1. The molecule has 0 spiro atoms. The molecule has 0 bridgehead atoms. The molecular formula is C22H27NO4. The monoisotopic (exact) mass is 369 g/mol. The fourth-order valence-corrected chi connectivity index (χ4v) is 3.49. The van der Waals surface area contributed by atoms with E-state index < -0.39 is 0 Å². The van der Waals surface area contributed by atoms with Crippen LogP contribution < -0.4 is 19.5 Å². The Kier molecular flexibility index (Phi) is 5.59. The zero-order valence-corrected chi connectivity index (χ0v) is 16.4. The second-order valence-corrected chi connectivity index (χ2v) is 7.41. The van der Waals surface area contributed by atoms with Crippen molar-refractivity contribution in [1.29, 1.82) is 0 Å². The maximum absolute atomic E-state index is 12.6. The molecule has 0 fully saturated rings. The van der Waals surface area contributed by atoms with Gasteiger partial charge in [-0.25, -0.2) is 0 Å². The third-order valence-electron chi connectivity index (χ3n) is 4.80. The van der Waals surface area contributed by atoms with E-state index in [1.54, 1.807) is 14.2 Å². The van der Waals surface area contributed by atoms with Crippen molar-refractivity contribution in [2.24, 2.45) is 0 Å². The summed E-state index contributed by atoms with van der Waals surface area (Å²) < 4.78 is 16.6. The molecule has 0 saturated carbocycles. The third kappa shape index (κ3) is 4.54. The van der Waals surface area contributed by atoms with Gasteiger partial charge in [-0.3, -0.25) is 4.79 Å². The molecule has 5 nitrogen and oxygen atoms in total. The Morgan fingerprint density at radius 2 is 1.89 bits per heavy atom. The third-order valence-corrected chi connectivity index (χ3v) is 4.80. The van der Waals surface area contributed by atoms with Gasteiger partial charge in [-0.15, -0.1) is 0 Å². The van der Waals surface area contributed by atoms with Crippen LogP contribution in [-0.2, 0) is 11.2 Å². The Morgan fingerprint density at radius 3 is 2.63 bits per heavy atom. The van der Waals surface area contributed by atoms with Crippen molar-refractivity contribution in [3.8, 4) is 17.2 Å². The van der Waals surface area contributed by atoms with Crippen LogP contribution in [0.3, 0.4) is 0 Å². The standard InChI is InChI=1S/C22H27NO4/c1-22(2)14-17(16-7-5-6-8-18(16)27-22)23-21(24)12-10-15-9-11-19(25-3)20(13-15)26-4/h5-9,11,13,17H,10,12,14H2,1-4H3,(H,23,24). The summed E-state index contributed by atoms with van der Waals surface area (Å²) in [6.45, 7) is 4.09. The highest BCUT2D eigenvalue weighted by Gasteiger charge is 2.34. The molecule has 1 aliphatic heterocycles. The highest BCUT2D eigenvalue weighted by atomic mass is 16.5. The number of carbonyl (C=O) groups excluding carboxylic acids is 1. The van der Waals surface area contributed by atoms with E-state index in [2.05, 4.69) is 5.32 Å². The molecule has 0 aliphatic carbocycles. The normalized spacial score (nSPS) is 17.4. The second-order valence-electron chi connectivity index (χ2n) is 7.41. The average Bonchev–Trinajstić information content (AvgIpc) is 2.65. The van der Waals surface area contributed by atoms with Gasteiger partial charge in [0, 0.05) is 18.4 Å². The van der Waals surface area contributed by atoms with Gasteiger partial charge >= 0.3 is 0 Å².